The van der Waals surface area contributed by atoms with Crippen molar-refractivity contribution in [3.05, 3.63) is 165 Å². The highest BCUT2D eigenvalue weighted by Gasteiger charge is 2.48. The molecule has 44 heavy (non-hydrogen) atoms. The Hall–Kier alpha value is -5.49. The fraction of sp³-hybridized carbons (Fsp3) is 0.132. The van der Waals surface area contributed by atoms with Crippen molar-refractivity contribution in [3.8, 4) is 11.5 Å². The number of carbonyl (C=O) groups is 3. The Labute approximate surface area is 255 Å². The van der Waals surface area contributed by atoms with E-state index in [1.54, 1.807) is 48.5 Å². The minimum Gasteiger partial charge on any atom is -0.441 e. The summed E-state index contributed by atoms with van der Waals surface area (Å²) in [6.45, 7) is 7.41. The van der Waals surface area contributed by atoms with E-state index in [0.717, 1.165) is 11.1 Å². The number of esters is 3. The lowest BCUT2D eigenvalue weighted by molar-refractivity contribution is 0.0251. The minimum atomic E-state index is -1.28. The first-order chi connectivity index (χ1) is 21.2. The normalized spacial score (nSPS) is 13.1. The number of carbonyl (C=O) groups excluding carboxylic acids is 3. The van der Waals surface area contributed by atoms with Gasteiger partial charge in [0.15, 0.2) is 5.60 Å². The van der Waals surface area contributed by atoms with E-state index >= 15 is 0 Å². The van der Waals surface area contributed by atoms with Crippen LogP contribution < -0.4 is 9.47 Å². The highest BCUT2D eigenvalue weighted by atomic mass is 16.6. The van der Waals surface area contributed by atoms with Gasteiger partial charge in [-0.25, -0.2) is 14.4 Å². The van der Waals surface area contributed by atoms with Crippen LogP contribution in [0, 0.1) is 27.7 Å². The molecule has 6 heteroatoms. The molecule has 0 bridgehead atoms. The van der Waals surface area contributed by atoms with Crippen LogP contribution in [0.1, 0.15) is 70.0 Å². The van der Waals surface area contributed by atoms with Gasteiger partial charge in [0.05, 0.1) is 16.7 Å². The van der Waals surface area contributed by atoms with E-state index in [4.69, 9.17) is 14.2 Å². The Morgan fingerprint density at radius 2 is 1.02 bits per heavy atom. The lowest BCUT2D eigenvalue weighted by Crippen LogP contribution is -2.30. The second-order valence-corrected chi connectivity index (χ2v) is 11.0. The van der Waals surface area contributed by atoms with Crippen molar-refractivity contribution in [2.75, 3.05) is 0 Å². The first-order valence-electron chi connectivity index (χ1n) is 14.3. The van der Waals surface area contributed by atoms with Crippen LogP contribution in [0.4, 0.5) is 0 Å². The Kier molecular flexibility index (Phi) is 7.35. The second kappa shape index (κ2) is 11.3. The molecule has 6 nitrogen and oxygen atoms in total. The van der Waals surface area contributed by atoms with Crippen molar-refractivity contribution in [2.45, 2.75) is 33.3 Å². The largest absolute Gasteiger partial charge is 0.441 e. The zero-order valence-corrected chi connectivity index (χ0v) is 24.8. The highest BCUT2D eigenvalue weighted by molar-refractivity contribution is 5.97. The standard InChI is InChI=1S/C38H30O6/c1-23-11-5-7-13-29(23)35(39)42-33-19-17-27(21-25(33)3)38(32-16-10-9-15-31(32)37(41)44-38)28-18-20-34(26(4)22-28)43-36(40)30-14-8-6-12-24(30)2/h5-22H,1-4H3. The first kappa shape index (κ1) is 28.6. The zero-order chi connectivity index (χ0) is 31.0. The number of hydrogen-bond donors (Lipinski definition) is 0. The van der Waals surface area contributed by atoms with Crippen LogP contribution in [0.2, 0.25) is 0 Å². The maximum Gasteiger partial charge on any atom is 0.343 e. The number of cyclic esters (lactones) is 1. The maximum absolute atomic E-state index is 13.2. The topological polar surface area (TPSA) is 78.9 Å². The van der Waals surface area contributed by atoms with Crippen molar-refractivity contribution in [2.24, 2.45) is 0 Å². The van der Waals surface area contributed by atoms with Gasteiger partial charge in [0, 0.05) is 16.7 Å². The molecule has 1 aliphatic rings. The molecule has 5 aromatic carbocycles. The van der Waals surface area contributed by atoms with Crippen molar-refractivity contribution in [1.82, 2.24) is 0 Å². The van der Waals surface area contributed by atoms with Crippen LogP contribution in [0.25, 0.3) is 0 Å². The third kappa shape index (κ3) is 4.94. The van der Waals surface area contributed by atoms with Gasteiger partial charge in [-0.1, -0.05) is 66.7 Å². The third-order valence-electron chi connectivity index (χ3n) is 8.07. The Morgan fingerprint density at radius 3 is 1.50 bits per heavy atom. The van der Waals surface area contributed by atoms with Gasteiger partial charge in [0.25, 0.3) is 0 Å². The molecule has 0 atom stereocenters. The molecular weight excluding hydrogens is 552 g/mol. The van der Waals surface area contributed by atoms with E-state index in [1.807, 2.05) is 88.4 Å². The lowest BCUT2D eigenvalue weighted by Gasteiger charge is -2.31. The highest BCUT2D eigenvalue weighted by Crippen LogP contribution is 2.48. The summed E-state index contributed by atoms with van der Waals surface area (Å²) in [6.07, 6.45) is 0. The summed E-state index contributed by atoms with van der Waals surface area (Å²) < 4.78 is 17.8. The van der Waals surface area contributed by atoms with Gasteiger partial charge in [-0.05, 0) is 92.4 Å². The summed E-state index contributed by atoms with van der Waals surface area (Å²) >= 11 is 0. The average Bonchev–Trinajstić information content (AvgIpc) is 3.32. The summed E-state index contributed by atoms with van der Waals surface area (Å²) in [7, 11) is 0. The second-order valence-electron chi connectivity index (χ2n) is 11.0. The molecule has 5 aromatic rings. The molecule has 0 aliphatic carbocycles. The Morgan fingerprint density at radius 1 is 0.568 bits per heavy atom. The Bertz CT molecular complexity index is 1840. The summed E-state index contributed by atoms with van der Waals surface area (Å²) in [5.74, 6) is -0.523. The lowest BCUT2D eigenvalue weighted by atomic mass is 9.79. The summed E-state index contributed by atoms with van der Waals surface area (Å²) in [5.41, 5.74) is 5.28. The number of aryl methyl sites for hydroxylation is 4. The molecule has 0 radical (unpaired) electrons. The molecule has 0 saturated carbocycles. The smallest absolute Gasteiger partial charge is 0.343 e. The van der Waals surface area contributed by atoms with Gasteiger partial charge in [0.2, 0.25) is 0 Å². The van der Waals surface area contributed by atoms with Crippen LogP contribution in [-0.2, 0) is 10.3 Å². The fourth-order valence-corrected chi connectivity index (χ4v) is 5.69. The van der Waals surface area contributed by atoms with Crippen LogP contribution in [0.3, 0.4) is 0 Å². The molecular formula is C38H30O6. The van der Waals surface area contributed by atoms with E-state index in [1.165, 1.54) is 0 Å². The average molecular weight is 583 g/mol. The predicted octanol–water partition coefficient (Wildman–Crippen LogP) is 7.82. The molecule has 0 unspecified atom stereocenters. The van der Waals surface area contributed by atoms with Crippen molar-refractivity contribution >= 4 is 17.9 Å². The van der Waals surface area contributed by atoms with Crippen LogP contribution >= 0.6 is 0 Å². The first-order valence-corrected chi connectivity index (χ1v) is 14.3. The maximum atomic E-state index is 13.2. The summed E-state index contributed by atoms with van der Waals surface area (Å²) in [4.78, 5) is 39.1. The van der Waals surface area contributed by atoms with Crippen molar-refractivity contribution in [3.63, 3.8) is 0 Å². The monoisotopic (exact) mass is 582 g/mol. The SMILES string of the molecule is Cc1cc(C2(c3ccc(OC(=O)c4ccccc4C)c(C)c3)OC(=O)c3ccccc32)ccc1OC(=O)c1ccccc1C. The number of ether oxygens (including phenoxy) is 3. The zero-order valence-electron chi connectivity index (χ0n) is 24.8. The molecule has 0 saturated heterocycles. The van der Waals surface area contributed by atoms with Crippen LogP contribution in [0.5, 0.6) is 11.5 Å². The predicted molar refractivity (Wildman–Crippen MR) is 166 cm³/mol. The quantitative estimate of drug-likeness (QED) is 0.150. The van der Waals surface area contributed by atoms with Gasteiger partial charge in [0.1, 0.15) is 11.5 Å². The molecule has 1 aliphatic heterocycles. The van der Waals surface area contributed by atoms with E-state index < -0.39 is 23.5 Å². The van der Waals surface area contributed by atoms with Crippen LogP contribution in [0.15, 0.2) is 109 Å². The van der Waals surface area contributed by atoms with Gasteiger partial charge in [-0.3, -0.25) is 0 Å². The van der Waals surface area contributed by atoms with E-state index in [2.05, 4.69) is 0 Å². The molecule has 6 rings (SSSR count). The minimum absolute atomic E-state index is 0.407. The number of benzene rings is 5. The molecule has 0 spiro atoms. The molecule has 0 amide bonds. The fourth-order valence-electron chi connectivity index (χ4n) is 5.69. The van der Waals surface area contributed by atoms with Gasteiger partial charge in [-0.2, -0.15) is 0 Å². The Balaban J connectivity index is 1.39. The molecule has 0 N–H and O–H groups in total. The number of rotatable bonds is 6. The molecule has 1 heterocycles. The summed E-state index contributed by atoms with van der Waals surface area (Å²) in [5, 5.41) is 0. The van der Waals surface area contributed by atoms with E-state index in [9.17, 15) is 14.4 Å². The third-order valence-corrected chi connectivity index (χ3v) is 8.07. The van der Waals surface area contributed by atoms with Crippen molar-refractivity contribution in [1.29, 1.82) is 0 Å². The van der Waals surface area contributed by atoms with E-state index in [0.29, 0.717) is 56.0 Å². The van der Waals surface area contributed by atoms with Gasteiger partial charge in [-0.15, -0.1) is 0 Å². The van der Waals surface area contributed by atoms with Gasteiger partial charge >= 0.3 is 17.9 Å². The van der Waals surface area contributed by atoms with Crippen molar-refractivity contribution < 1.29 is 28.6 Å². The molecule has 0 fully saturated rings. The van der Waals surface area contributed by atoms with Gasteiger partial charge < -0.3 is 14.2 Å². The van der Waals surface area contributed by atoms with E-state index in [-0.39, 0.29) is 0 Å². The number of hydrogen-bond acceptors (Lipinski definition) is 6. The molecule has 218 valence electrons. The molecule has 0 aromatic heterocycles. The summed E-state index contributed by atoms with van der Waals surface area (Å²) in [6, 6.07) is 32.6. The number of fused-ring (bicyclic) bond motifs is 1. The van der Waals surface area contributed by atoms with Crippen LogP contribution in [-0.4, -0.2) is 17.9 Å².